The number of methoxy groups -OCH3 is 1. The smallest absolute Gasteiger partial charge is 0.381 e. The average molecular weight is 1510 g/mol. The summed E-state index contributed by atoms with van der Waals surface area (Å²) in [6.45, 7) is 12.3. The first-order valence-corrected chi connectivity index (χ1v) is 39.6. The molecule has 13 atom stereocenters. The van der Waals surface area contributed by atoms with Crippen LogP contribution in [0.1, 0.15) is 203 Å². The van der Waals surface area contributed by atoms with Gasteiger partial charge in [-0.1, -0.05) is 105 Å². The molecule has 1 spiro atoms. The lowest BCUT2D eigenvalue weighted by Gasteiger charge is -2.54. The lowest BCUT2D eigenvalue weighted by Crippen LogP contribution is -2.71. The summed E-state index contributed by atoms with van der Waals surface area (Å²) in [7, 11) is 11.4. The van der Waals surface area contributed by atoms with Crippen LogP contribution in [0.3, 0.4) is 0 Å². The maximum Gasteiger partial charge on any atom is 0.394 e. The Kier molecular flexibility index (Phi) is 29.4. The SMILES string of the molecule is CCC[C@H]1C(=O)N[C@@H]([C@@H](C)CC)C(=O)N(C2CC2)CC(=O)N(C)[C@H]2C/C=C\CCN(C2=O)[C@@H](CC2CCC(C)CC2)C(=O)N(C)CC(=O)N[C@@H](CCC2CCC(C(F)(F)F)C(OC)C2)C(=O)N2C[C@H](OCC)C[C@H]2C(=O)NC2(CC(C)(C)C2)C(=O)N(C)[C@@H](CC2CC2)C(=O)N(C)[C@H](C(=O)N(C)C)CC(=O)N1C. The summed E-state index contributed by atoms with van der Waals surface area (Å²) in [5.41, 5.74) is -2.16. The molecule has 3 unspecified atom stereocenters. The van der Waals surface area contributed by atoms with Crippen LogP contribution in [-0.2, 0) is 67.0 Å². The minimum Gasteiger partial charge on any atom is -0.381 e. The van der Waals surface area contributed by atoms with Crippen molar-refractivity contribution in [2.24, 2.45) is 40.9 Å². The van der Waals surface area contributed by atoms with Gasteiger partial charge < -0.3 is 69.5 Å². The molecule has 7 fully saturated rings. The molecular weight excluding hydrogens is 1390 g/mol. The van der Waals surface area contributed by atoms with Crippen molar-refractivity contribution < 1.29 is 80.2 Å². The van der Waals surface area contributed by atoms with Crippen LogP contribution >= 0.6 is 0 Å². The van der Waals surface area contributed by atoms with Crippen molar-refractivity contribution in [3.05, 3.63) is 12.2 Å². The molecule has 8 rings (SSSR count). The van der Waals surface area contributed by atoms with Crippen LogP contribution < -0.4 is 16.0 Å². The molecule has 2 bridgehead atoms. The summed E-state index contributed by atoms with van der Waals surface area (Å²) in [5, 5.41) is 8.95. The van der Waals surface area contributed by atoms with Gasteiger partial charge in [0.25, 0.3) is 0 Å². The van der Waals surface area contributed by atoms with E-state index in [0.29, 0.717) is 38.0 Å². The highest BCUT2D eigenvalue weighted by atomic mass is 19.4. The Morgan fingerprint density at radius 2 is 1.29 bits per heavy atom. The number of nitrogens with one attached hydrogen (secondary N) is 3. The molecular formula is C78H125F3N12O14. The first kappa shape index (κ1) is 85.7. The second-order valence-electron chi connectivity index (χ2n) is 33.7. The lowest BCUT2D eigenvalue weighted by molar-refractivity contribution is -0.215. The molecule has 0 aromatic rings. The van der Waals surface area contributed by atoms with Crippen molar-refractivity contribution in [1.82, 2.24) is 60.0 Å². The fourth-order valence-corrected chi connectivity index (χ4v) is 17.7. The highest BCUT2D eigenvalue weighted by molar-refractivity contribution is 6.01. The van der Waals surface area contributed by atoms with Gasteiger partial charge in [-0.05, 0) is 132 Å². The van der Waals surface area contributed by atoms with Crippen LogP contribution in [0.4, 0.5) is 13.2 Å². The van der Waals surface area contributed by atoms with E-state index in [9.17, 15) is 37.1 Å². The van der Waals surface area contributed by atoms with Gasteiger partial charge in [0.1, 0.15) is 60.4 Å². The minimum absolute atomic E-state index is 0.00158. The molecule has 29 heteroatoms. The highest BCUT2D eigenvalue weighted by Gasteiger charge is 2.59. The van der Waals surface area contributed by atoms with E-state index in [1.165, 1.54) is 101 Å². The number of hydrogen-bond donors (Lipinski definition) is 3. The summed E-state index contributed by atoms with van der Waals surface area (Å²) in [6.07, 6.45) is 4.62. The largest absolute Gasteiger partial charge is 0.394 e. The zero-order chi connectivity index (χ0) is 78.9. The van der Waals surface area contributed by atoms with Gasteiger partial charge in [0, 0.05) is 88.6 Å². The molecule has 2 saturated heterocycles. The Balaban J connectivity index is 1.21. The second-order valence-corrected chi connectivity index (χ2v) is 33.7. The van der Waals surface area contributed by atoms with Gasteiger partial charge in [0.15, 0.2) is 0 Å². The number of carbonyl (C=O) groups excluding carboxylic acids is 12. The van der Waals surface area contributed by atoms with E-state index >= 15 is 33.6 Å². The van der Waals surface area contributed by atoms with E-state index in [4.69, 9.17) is 9.47 Å². The molecule has 26 nitrogen and oxygen atoms in total. The van der Waals surface area contributed by atoms with Crippen molar-refractivity contribution in [3.63, 3.8) is 0 Å². The Bertz CT molecular complexity index is 3220. The molecule has 3 aliphatic heterocycles. The van der Waals surface area contributed by atoms with E-state index in [1.54, 1.807) is 13.8 Å². The Hall–Kier alpha value is -6.91. The molecule has 3 heterocycles. The molecule has 0 aromatic carbocycles. The van der Waals surface area contributed by atoms with E-state index in [-0.39, 0.29) is 121 Å². The van der Waals surface area contributed by atoms with Gasteiger partial charge in [0.05, 0.1) is 31.1 Å². The van der Waals surface area contributed by atoms with Crippen LogP contribution in [0.25, 0.3) is 0 Å². The fraction of sp³-hybridized carbons (Fsp3) is 0.821. The standard InChI is InChI=1S/C78H125F3N12O14/c1-16-22-56-67(97)83-66(48(5)17-2)74(104)92(52-32-33-52)44-65(96)88(12)57-23-20-19-21-36-91(73(57)103)61(38-49-26-24-47(4)25-27-49)71(101)86(10)43-63(94)82-55(35-31-51-30-34-54(78(79,80)81)62(39-51)106-15)69(99)93-42-53(107-18-3)40-58(93)68(98)84-77(45-76(6,7)46-77)75(105)90(14)59(37-50-28-29-50)72(102)89(13)60(70(100)85(8)9)41-64(95)87(56)11/h19-20,47-62,66H,16-18,21-46H2,1-15H3,(H,82,94)(H,83,97)(H,84,98)/b20-19-/t47?,48-,49?,51?,53+,54?,55-,56-,57-,58-,59-,60-,61-,62?,66-/m0/s1. The Morgan fingerprint density at radius 3 is 1.87 bits per heavy atom. The van der Waals surface area contributed by atoms with E-state index in [0.717, 1.165) is 38.5 Å². The molecule has 3 N–H and O–H groups in total. The van der Waals surface area contributed by atoms with Gasteiger partial charge in [-0.3, -0.25) is 57.5 Å². The number of fused-ring (bicyclic) bond motifs is 3. The third-order valence-corrected chi connectivity index (χ3v) is 24.6. The molecule has 5 aliphatic carbocycles. The number of alkyl halides is 3. The number of hydrogen-bond acceptors (Lipinski definition) is 14. The van der Waals surface area contributed by atoms with Gasteiger partial charge in [-0.2, -0.15) is 13.2 Å². The van der Waals surface area contributed by atoms with Gasteiger partial charge in [-0.25, -0.2) is 0 Å². The number of nitrogens with zero attached hydrogens (tertiary/aromatic N) is 9. The maximum absolute atomic E-state index is 15.7. The van der Waals surface area contributed by atoms with Crippen LogP contribution in [0, 0.1) is 40.9 Å². The van der Waals surface area contributed by atoms with Crippen molar-refractivity contribution in [2.45, 2.75) is 281 Å². The Morgan fingerprint density at radius 1 is 0.654 bits per heavy atom. The minimum atomic E-state index is -4.52. The van der Waals surface area contributed by atoms with Crippen LogP contribution in [0.5, 0.6) is 0 Å². The summed E-state index contributed by atoms with van der Waals surface area (Å²) >= 11 is 0. The number of halogens is 3. The van der Waals surface area contributed by atoms with E-state index in [1.807, 2.05) is 39.8 Å². The number of carbonyl (C=O) groups is 12. The summed E-state index contributed by atoms with van der Waals surface area (Å²) in [5.74, 6) is -9.75. The van der Waals surface area contributed by atoms with Crippen molar-refractivity contribution in [2.75, 3.05) is 89.2 Å². The van der Waals surface area contributed by atoms with Crippen molar-refractivity contribution in [3.8, 4) is 0 Å². The molecule has 0 aromatic heterocycles. The van der Waals surface area contributed by atoms with Crippen molar-refractivity contribution >= 4 is 70.9 Å². The number of ether oxygens (including phenoxy) is 2. The van der Waals surface area contributed by atoms with Crippen LogP contribution in [0.2, 0.25) is 0 Å². The van der Waals surface area contributed by atoms with Crippen molar-refractivity contribution in [1.29, 1.82) is 0 Å². The third kappa shape index (κ3) is 21.2. The van der Waals surface area contributed by atoms with E-state index < -0.39 is 180 Å². The fourth-order valence-electron chi connectivity index (χ4n) is 17.7. The molecule has 12 amide bonds. The molecule has 602 valence electrons. The van der Waals surface area contributed by atoms with Gasteiger partial charge >= 0.3 is 6.18 Å². The first-order valence-electron chi connectivity index (χ1n) is 39.6. The third-order valence-electron chi connectivity index (χ3n) is 24.6. The molecule has 5 saturated carbocycles. The zero-order valence-corrected chi connectivity index (χ0v) is 66.4. The molecule has 107 heavy (non-hydrogen) atoms. The Labute approximate surface area is 631 Å². The monoisotopic (exact) mass is 1510 g/mol. The topological polar surface area (TPSA) is 289 Å². The van der Waals surface area contributed by atoms with Crippen LogP contribution in [0.15, 0.2) is 12.2 Å². The number of likely N-dealkylation sites (N-methyl/N-ethyl adjacent to an activating group) is 6. The molecule has 0 radical (unpaired) electrons. The zero-order valence-electron chi connectivity index (χ0n) is 66.4. The summed E-state index contributed by atoms with van der Waals surface area (Å²) in [4.78, 5) is 195. The summed E-state index contributed by atoms with van der Waals surface area (Å²) in [6, 6.07) is -10.4. The normalized spacial score (nSPS) is 32.2. The highest BCUT2D eigenvalue weighted by Crippen LogP contribution is 2.50. The first-order chi connectivity index (χ1) is 50.4. The predicted octanol–water partition coefficient (Wildman–Crippen LogP) is 6.07. The van der Waals surface area contributed by atoms with Crippen LogP contribution in [-0.4, -0.2) is 283 Å². The predicted molar refractivity (Wildman–Crippen MR) is 393 cm³/mol. The van der Waals surface area contributed by atoms with E-state index in [2.05, 4.69) is 22.9 Å². The molecule has 8 aliphatic rings. The lowest BCUT2D eigenvalue weighted by atomic mass is 9.58. The summed E-state index contributed by atoms with van der Waals surface area (Å²) < 4.78 is 54.6. The number of rotatable bonds is 16. The average Bonchev–Trinajstić information content (AvgIpc) is 1.02. The van der Waals surface area contributed by atoms with Gasteiger partial charge in [0.2, 0.25) is 70.9 Å². The number of amides is 12. The van der Waals surface area contributed by atoms with Gasteiger partial charge in [-0.15, -0.1) is 0 Å². The maximum atomic E-state index is 15.7. The quantitative estimate of drug-likeness (QED) is 0.148. The second kappa shape index (κ2) is 36.7.